The Morgan fingerprint density at radius 1 is 1.26 bits per heavy atom. The molecule has 2 heterocycles. The van der Waals surface area contributed by atoms with Crippen molar-refractivity contribution in [1.82, 2.24) is 19.7 Å². The zero-order chi connectivity index (χ0) is 24.7. The number of carbonyl (C=O) groups excluding carboxylic acids is 1. The lowest BCUT2D eigenvalue weighted by molar-refractivity contribution is -0.111. The number of benzene rings is 1. The van der Waals surface area contributed by atoms with Crippen LogP contribution in [0.25, 0.3) is 11.5 Å². The molecule has 0 aliphatic carbocycles. The van der Waals surface area contributed by atoms with E-state index in [1.54, 1.807) is 37.0 Å². The van der Waals surface area contributed by atoms with Crippen molar-refractivity contribution in [3.63, 3.8) is 0 Å². The lowest BCUT2D eigenvalue weighted by Gasteiger charge is -2.09. The molecule has 3 aromatic rings. The van der Waals surface area contributed by atoms with Gasteiger partial charge >= 0.3 is 0 Å². The Balaban J connectivity index is 2.04. The summed E-state index contributed by atoms with van der Waals surface area (Å²) in [6.07, 6.45) is 6.76. The van der Waals surface area contributed by atoms with Crippen LogP contribution >= 0.6 is 0 Å². The van der Waals surface area contributed by atoms with Crippen LogP contribution in [0.3, 0.4) is 0 Å². The molecule has 1 aromatic carbocycles. The largest absolute Gasteiger partial charge is 0.371 e. The predicted octanol–water partition coefficient (Wildman–Crippen LogP) is 4.47. The van der Waals surface area contributed by atoms with E-state index < -0.39 is 0 Å². The van der Waals surface area contributed by atoms with Gasteiger partial charge in [-0.1, -0.05) is 29.8 Å². The van der Waals surface area contributed by atoms with Gasteiger partial charge in [0.25, 0.3) is 0 Å². The molecule has 0 atom stereocenters. The number of hydrogen-bond donors (Lipinski definition) is 2. The van der Waals surface area contributed by atoms with Gasteiger partial charge in [0.1, 0.15) is 17.2 Å². The van der Waals surface area contributed by atoms with Gasteiger partial charge in [0, 0.05) is 25.7 Å². The highest BCUT2D eigenvalue weighted by Gasteiger charge is 2.18. The van der Waals surface area contributed by atoms with E-state index in [0.29, 0.717) is 40.0 Å². The molecule has 0 bridgehead atoms. The molecule has 1 amide bonds. The molecule has 9 heteroatoms. The minimum atomic E-state index is -0.309. The van der Waals surface area contributed by atoms with Crippen LogP contribution < -0.4 is 10.6 Å². The van der Waals surface area contributed by atoms with Crippen molar-refractivity contribution in [3.05, 3.63) is 77.4 Å². The highest BCUT2D eigenvalue weighted by Crippen LogP contribution is 2.24. The van der Waals surface area contributed by atoms with E-state index in [4.69, 9.17) is 0 Å². The highest BCUT2D eigenvalue weighted by atomic mass is 19.1. The SMILES string of the molecule is C/C=C\C(=N/C)c1cc(-c2ncc(NC(=O)C=C(C)C)c(NC)n2)nn1Cc1ccccc1F. The topological polar surface area (TPSA) is 97.1 Å². The van der Waals surface area contributed by atoms with Gasteiger partial charge in [0.2, 0.25) is 5.91 Å². The molecule has 8 nitrogen and oxygen atoms in total. The second-order valence-corrected chi connectivity index (χ2v) is 7.69. The zero-order valence-electron chi connectivity index (χ0n) is 19.9. The number of carbonyl (C=O) groups is 1. The number of halogens is 1. The lowest BCUT2D eigenvalue weighted by atomic mass is 10.2. The van der Waals surface area contributed by atoms with Crippen LogP contribution in [0, 0.1) is 5.82 Å². The van der Waals surface area contributed by atoms with Crippen molar-refractivity contribution >= 4 is 23.1 Å². The molecule has 0 saturated heterocycles. The van der Waals surface area contributed by atoms with Crippen molar-refractivity contribution in [3.8, 4) is 11.5 Å². The van der Waals surface area contributed by atoms with Crippen molar-refractivity contribution in [1.29, 1.82) is 0 Å². The lowest BCUT2D eigenvalue weighted by Crippen LogP contribution is -2.12. The molecule has 2 N–H and O–H groups in total. The molecule has 0 aliphatic heterocycles. The first kappa shape index (κ1) is 24.5. The Hall–Kier alpha value is -4.14. The molecular weight excluding hydrogens is 433 g/mol. The number of anilines is 2. The van der Waals surface area contributed by atoms with Crippen LogP contribution in [0.5, 0.6) is 0 Å². The number of aliphatic imine (C=N–C) groups is 1. The first-order valence-electron chi connectivity index (χ1n) is 10.8. The Labute approximate surface area is 198 Å². The highest BCUT2D eigenvalue weighted by molar-refractivity contribution is 6.08. The average Bonchev–Trinajstić information content (AvgIpc) is 3.22. The summed E-state index contributed by atoms with van der Waals surface area (Å²) in [5.74, 6) is 0.230. The van der Waals surface area contributed by atoms with Crippen LogP contribution in [0.1, 0.15) is 32.0 Å². The Kier molecular flexibility index (Phi) is 8.02. The standard InChI is InChI=1S/C25H28FN7O/c1-6-9-19(27-4)22-13-20(32-33(22)15-17-10-7-8-11-18(17)26)25-29-14-21(24(28-5)31-25)30-23(34)12-16(2)3/h6-14H,15H2,1-5H3,(H,30,34)(H,28,29,31)/b9-6-,27-19+. The van der Waals surface area contributed by atoms with E-state index in [1.807, 2.05) is 39.0 Å². The summed E-state index contributed by atoms with van der Waals surface area (Å²) < 4.78 is 16.0. The normalized spacial score (nSPS) is 11.5. The first-order valence-corrected chi connectivity index (χ1v) is 10.8. The van der Waals surface area contributed by atoms with Gasteiger partial charge in [-0.15, -0.1) is 0 Å². The third kappa shape index (κ3) is 5.80. The Morgan fingerprint density at radius 2 is 2.03 bits per heavy atom. The Morgan fingerprint density at radius 3 is 2.68 bits per heavy atom. The van der Waals surface area contributed by atoms with E-state index in [9.17, 15) is 9.18 Å². The van der Waals surface area contributed by atoms with E-state index in [1.165, 1.54) is 18.3 Å². The van der Waals surface area contributed by atoms with E-state index in [2.05, 4.69) is 30.7 Å². The van der Waals surface area contributed by atoms with Gasteiger partial charge in [-0.05, 0) is 39.0 Å². The summed E-state index contributed by atoms with van der Waals surface area (Å²) in [5, 5.41) is 10.4. The number of amides is 1. The number of hydrogen-bond acceptors (Lipinski definition) is 6. The average molecular weight is 462 g/mol. The molecule has 0 aliphatic rings. The number of aromatic nitrogens is 4. The summed E-state index contributed by atoms with van der Waals surface area (Å²) in [6.45, 7) is 5.80. The van der Waals surface area contributed by atoms with E-state index in [-0.39, 0.29) is 18.3 Å². The van der Waals surface area contributed by atoms with Gasteiger partial charge < -0.3 is 10.6 Å². The minimum Gasteiger partial charge on any atom is -0.371 e. The quantitative estimate of drug-likeness (QED) is 0.381. The summed E-state index contributed by atoms with van der Waals surface area (Å²) in [5.41, 5.74) is 3.72. The smallest absolute Gasteiger partial charge is 0.248 e. The maximum absolute atomic E-state index is 14.3. The molecule has 176 valence electrons. The maximum atomic E-state index is 14.3. The van der Waals surface area contributed by atoms with Gasteiger partial charge in [0.05, 0.1) is 24.1 Å². The second kappa shape index (κ2) is 11.1. The van der Waals surface area contributed by atoms with Crippen molar-refractivity contribution in [2.75, 3.05) is 24.7 Å². The van der Waals surface area contributed by atoms with Crippen molar-refractivity contribution < 1.29 is 9.18 Å². The monoisotopic (exact) mass is 461 g/mol. The van der Waals surface area contributed by atoms with Crippen LogP contribution in [0.4, 0.5) is 15.9 Å². The fraction of sp³-hybridized carbons (Fsp3) is 0.240. The summed E-state index contributed by atoms with van der Waals surface area (Å²) in [4.78, 5) is 25.4. The molecule has 0 unspecified atom stereocenters. The fourth-order valence-corrected chi connectivity index (χ4v) is 3.29. The zero-order valence-corrected chi connectivity index (χ0v) is 19.9. The molecule has 2 aromatic heterocycles. The van der Waals surface area contributed by atoms with Gasteiger partial charge in [-0.3, -0.25) is 14.5 Å². The summed E-state index contributed by atoms with van der Waals surface area (Å²) in [6, 6.07) is 8.40. The van der Waals surface area contributed by atoms with E-state index >= 15 is 0 Å². The minimum absolute atomic E-state index is 0.217. The summed E-state index contributed by atoms with van der Waals surface area (Å²) in [7, 11) is 3.40. The predicted molar refractivity (Wildman–Crippen MR) is 134 cm³/mol. The molecular formula is C25H28FN7O. The first-order chi connectivity index (χ1) is 16.4. The van der Waals surface area contributed by atoms with Gasteiger partial charge in [-0.25, -0.2) is 14.4 Å². The van der Waals surface area contributed by atoms with E-state index in [0.717, 1.165) is 5.57 Å². The number of allylic oxidation sites excluding steroid dienone is 3. The third-order valence-corrected chi connectivity index (χ3v) is 4.82. The van der Waals surface area contributed by atoms with Crippen LogP contribution in [-0.2, 0) is 11.3 Å². The number of nitrogens with one attached hydrogen (secondary N) is 2. The number of nitrogens with zero attached hydrogens (tertiary/aromatic N) is 5. The molecule has 0 fully saturated rings. The van der Waals surface area contributed by atoms with Gasteiger partial charge in [0.15, 0.2) is 11.6 Å². The number of rotatable bonds is 8. The van der Waals surface area contributed by atoms with Crippen LogP contribution in [-0.4, -0.2) is 45.5 Å². The maximum Gasteiger partial charge on any atom is 0.248 e. The van der Waals surface area contributed by atoms with Crippen LogP contribution in [0.15, 0.2) is 65.3 Å². The van der Waals surface area contributed by atoms with Crippen molar-refractivity contribution in [2.24, 2.45) is 4.99 Å². The third-order valence-electron chi connectivity index (χ3n) is 4.82. The molecule has 3 rings (SSSR count). The molecule has 34 heavy (non-hydrogen) atoms. The molecule has 0 radical (unpaired) electrons. The Bertz CT molecular complexity index is 1270. The van der Waals surface area contributed by atoms with Crippen molar-refractivity contribution in [2.45, 2.75) is 27.3 Å². The molecule has 0 saturated carbocycles. The molecule has 0 spiro atoms. The summed E-state index contributed by atoms with van der Waals surface area (Å²) >= 11 is 0. The van der Waals surface area contributed by atoms with Crippen LogP contribution in [0.2, 0.25) is 0 Å². The second-order valence-electron chi connectivity index (χ2n) is 7.69. The fourth-order valence-electron chi connectivity index (χ4n) is 3.29. The van der Waals surface area contributed by atoms with Gasteiger partial charge in [-0.2, -0.15) is 5.10 Å².